The normalized spacial score (nSPS) is 20.5. The molecule has 0 amide bonds. The Hall–Kier alpha value is -1.92. The Morgan fingerprint density at radius 3 is 2.29 bits per heavy atom. The molecule has 0 heterocycles. The van der Waals surface area contributed by atoms with Crippen LogP contribution in [0.4, 0.5) is 23.2 Å². The van der Waals surface area contributed by atoms with Gasteiger partial charge in [-0.1, -0.05) is 11.6 Å². The van der Waals surface area contributed by atoms with Gasteiger partial charge in [-0.05, 0) is 37.8 Å². The SMILES string of the molecule is O=S(=O)(NC1CCCC(O)C1)c1cc(C(O)Nc2cc(F)c(F)c(F)c2)c(Cl)cc1F. The van der Waals surface area contributed by atoms with Crippen LogP contribution in [0.2, 0.25) is 5.02 Å². The number of anilines is 1. The van der Waals surface area contributed by atoms with Crippen LogP contribution in [0.15, 0.2) is 29.2 Å². The largest absolute Gasteiger partial charge is 0.393 e. The molecule has 0 radical (unpaired) electrons. The Labute approximate surface area is 180 Å². The summed E-state index contributed by atoms with van der Waals surface area (Å²) in [6.07, 6.45) is -0.703. The summed E-state index contributed by atoms with van der Waals surface area (Å²) in [5.74, 6) is -5.90. The number of nitrogens with one attached hydrogen (secondary N) is 2. The zero-order valence-corrected chi connectivity index (χ0v) is 17.5. The number of aliphatic hydroxyl groups is 2. The van der Waals surface area contributed by atoms with Gasteiger partial charge in [-0.3, -0.25) is 0 Å². The molecule has 3 atom stereocenters. The highest BCUT2D eigenvalue weighted by Crippen LogP contribution is 2.31. The van der Waals surface area contributed by atoms with Crippen molar-refractivity contribution in [2.45, 2.75) is 49.0 Å². The van der Waals surface area contributed by atoms with Crippen molar-refractivity contribution < 1.29 is 36.2 Å². The molecule has 1 fully saturated rings. The van der Waals surface area contributed by atoms with Gasteiger partial charge in [0.05, 0.1) is 11.1 Å². The monoisotopic (exact) mass is 482 g/mol. The first kappa shape index (κ1) is 23.7. The summed E-state index contributed by atoms with van der Waals surface area (Å²) in [6.45, 7) is 0. The zero-order chi connectivity index (χ0) is 22.9. The van der Waals surface area contributed by atoms with E-state index in [9.17, 15) is 36.2 Å². The minimum Gasteiger partial charge on any atom is -0.393 e. The van der Waals surface area contributed by atoms with Crippen LogP contribution in [-0.4, -0.2) is 30.8 Å². The van der Waals surface area contributed by atoms with Gasteiger partial charge in [0.1, 0.15) is 10.7 Å². The van der Waals surface area contributed by atoms with E-state index in [2.05, 4.69) is 10.0 Å². The third kappa shape index (κ3) is 5.47. The molecule has 1 aliphatic rings. The fourth-order valence-electron chi connectivity index (χ4n) is 3.39. The van der Waals surface area contributed by atoms with Crippen molar-refractivity contribution in [3.05, 3.63) is 58.1 Å². The molecule has 0 saturated heterocycles. The molecule has 4 N–H and O–H groups in total. The van der Waals surface area contributed by atoms with Crippen LogP contribution in [0.5, 0.6) is 0 Å². The Morgan fingerprint density at radius 2 is 1.68 bits per heavy atom. The van der Waals surface area contributed by atoms with Gasteiger partial charge in [-0.15, -0.1) is 0 Å². The van der Waals surface area contributed by atoms with E-state index in [1.807, 2.05) is 0 Å². The Morgan fingerprint density at radius 1 is 1.03 bits per heavy atom. The molecule has 1 aliphatic carbocycles. The number of aliphatic hydroxyl groups excluding tert-OH is 2. The summed E-state index contributed by atoms with van der Waals surface area (Å²) in [6, 6.07) is 2.02. The van der Waals surface area contributed by atoms with Crippen LogP contribution in [0.3, 0.4) is 0 Å². The molecule has 170 valence electrons. The van der Waals surface area contributed by atoms with Crippen molar-refractivity contribution in [3.8, 4) is 0 Å². The van der Waals surface area contributed by atoms with Crippen molar-refractivity contribution in [1.29, 1.82) is 0 Å². The lowest BCUT2D eigenvalue weighted by molar-refractivity contribution is 0.117. The lowest BCUT2D eigenvalue weighted by Crippen LogP contribution is -2.40. The summed E-state index contributed by atoms with van der Waals surface area (Å²) >= 11 is 5.91. The van der Waals surface area contributed by atoms with E-state index >= 15 is 0 Å². The fourth-order valence-corrected chi connectivity index (χ4v) is 5.02. The summed E-state index contributed by atoms with van der Waals surface area (Å²) in [7, 11) is -4.38. The lowest BCUT2D eigenvalue weighted by atomic mass is 9.94. The van der Waals surface area contributed by atoms with E-state index in [1.165, 1.54) is 0 Å². The van der Waals surface area contributed by atoms with E-state index in [0.717, 1.165) is 6.07 Å². The minimum atomic E-state index is -4.38. The molecule has 31 heavy (non-hydrogen) atoms. The van der Waals surface area contributed by atoms with Gasteiger partial charge >= 0.3 is 0 Å². The number of benzene rings is 2. The van der Waals surface area contributed by atoms with Crippen molar-refractivity contribution in [1.82, 2.24) is 4.72 Å². The van der Waals surface area contributed by atoms with Crippen LogP contribution >= 0.6 is 11.6 Å². The summed E-state index contributed by atoms with van der Waals surface area (Å²) in [5, 5.41) is 21.9. The molecule has 1 saturated carbocycles. The van der Waals surface area contributed by atoms with E-state index in [0.29, 0.717) is 37.5 Å². The average molecular weight is 483 g/mol. The van der Waals surface area contributed by atoms with Gasteiger partial charge < -0.3 is 15.5 Å². The molecule has 12 heteroatoms. The van der Waals surface area contributed by atoms with E-state index in [-0.39, 0.29) is 22.7 Å². The number of hydrogen-bond acceptors (Lipinski definition) is 5. The number of sulfonamides is 1. The smallest absolute Gasteiger partial charge is 0.243 e. The zero-order valence-electron chi connectivity index (χ0n) is 15.9. The standard InChI is InChI=1S/C19H19ClF4N2O4S/c20-13-8-14(21)17(31(29,30)26-9-2-1-3-11(27)4-9)7-12(13)19(28)25-10-5-15(22)18(24)16(23)6-10/h5-9,11,19,25-28H,1-4H2. The Kier molecular flexibility index (Phi) is 7.11. The van der Waals surface area contributed by atoms with Gasteiger partial charge in [0.15, 0.2) is 23.7 Å². The molecule has 0 bridgehead atoms. The topological polar surface area (TPSA) is 98.7 Å². The molecule has 0 aromatic heterocycles. The third-order valence-electron chi connectivity index (χ3n) is 4.89. The first-order valence-electron chi connectivity index (χ1n) is 9.26. The van der Waals surface area contributed by atoms with Gasteiger partial charge in [0.25, 0.3) is 0 Å². The predicted octanol–water partition coefficient (Wildman–Crippen LogP) is 3.58. The van der Waals surface area contributed by atoms with Crippen LogP contribution in [0.1, 0.15) is 37.5 Å². The molecule has 6 nitrogen and oxygen atoms in total. The van der Waals surface area contributed by atoms with Gasteiger partial charge in [-0.2, -0.15) is 0 Å². The molecule has 0 spiro atoms. The molecule has 2 aromatic carbocycles. The third-order valence-corrected chi connectivity index (χ3v) is 6.75. The van der Waals surface area contributed by atoms with Crippen LogP contribution in [-0.2, 0) is 10.0 Å². The quantitative estimate of drug-likeness (QED) is 0.286. The fraction of sp³-hybridized carbons (Fsp3) is 0.368. The molecule has 2 aromatic rings. The van der Waals surface area contributed by atoms with E-state index in [1.54, 1.807) is 0 Å². The molecule has 3 rings (SSSR count). The number of halogens is 5. The summed E-state index contributed by atoms with van der Waals surface area (Å²) in [4.78, 5) is -0.802. The molecule has 3 unspecified atom stereocenters. The molecular weight excluding hydrogens is 464 g/mol. The maximum Gasteiger partial charge on any atom is 0.243 e. The first-order chi connectivity index (χ1) is 14.5. The highest BCUT2D eigenvalue weighted by atomic mass is 35.5. The Bertz CT molecular complexity index is 1060. The van der Waals surface area contributed by atoms with Crippen LogP contribution in [0, 0.1) is 23.3 Å². The first-order valence-corrected chi connectivity index (χ1v) is 11.1. The number of rotatable bonds is 6. The maximum absolute atomic E-state index is 14.4. The molecule has 0 aliphatic heterocycles. The van der Waals surface area contributed by atoms with Crippen molar-refractivity contribution in [2.24, 2.45) is 0 Å². The average Bonchev–Trinajstić information content (AvgIpc) is 2.65. The predicted molar refractivity (Wildman–Crippen MR) is 105 cm³/mol. The van der Waals surface area contributed by atoms with Gasteiger partial charge in [0, 0.05) is 29.4 Å². The van der Waals surface area contributed by atoms with Crippen molar-refractivity contribution in [3.63, 3.8) is 0 Å². The van der Waals surface area contributed by atoms with Crippen molar-refractivity contribution >= 4 is 27.3 Å². The maximum atomic E-state index is 14.4. The lowest BCUT2D eigenvalue weighted by Gasteiger charge is -2.26. The minimum absolute atomic E-state index is 0.174. The van der Waals surface area contributed by atoms with Crippen LogP contribution in [0.25, 0.3) is 0 Å². The Balaban J connectivity index is 1.88. The summed E-state index contributed by atoms with van der Waals surface area (Å²) < 4.78 is 81.9. The van der Waals surface area contributed by atoms with E-state index in [4.69, 9.17) is 11.6 Å². The highest BCUT2D eigenvalue weighted by molar-refractivity contribution is 7.89. The van der Waals surface area contributed by atoms with E-state index < -0.39 is 56.6 Å². The van der Waals surface area contributed by atoms with Crippen molar-refractivity contribution in [2.75, 3.05) is 5.32 Å². The van der Waals surface area contributed by atoms with Crippen LogP contribution < -0.4 is 10.0 Å². The molecular formula is C19H19ClF4N2O4S. The second-order valence-electron chi connectivity index (χ2n) is 7.24. The van der Waals surface area contributed by atoms with Gasteiger partial charge in [0.2, 0.25) is 10.0 Å². The highest BCUT2D eigenvalue weighted by Gasteiger charge is 2.29. The second kappa shape index (κ2) is 9.29. The second-order valence-corrected chi connectivity index (χ2v) is 9.33. The number of hydrogen-bond donors (Lipinski definition) is 4. The summed E-state index contributed by atoms with van der Waals surface area (Å²) in [5.41, 5.74) is -0.653. The van der Waals surface area contributed by atoms with Gasteiger partial charge in [-0.25, -0.2) is 30.7 Å².